The Hall–Kier alpha value is -1.51. The number of hydrogen-bond acceptors (Lipinski definition) is 2. The van der Waals surface area contributed by atoms with Crippen molar-refractivity contribution < 1.29 is 9.53 Å². The summed E-state index contributed by atoms with van der Waals surface area (Å²) >= 11 is 11.9. The molecule has 19 heavy (non-hydrogen) atoms. The van der Waals surface area contributed by atoms with Crippen molar-refractivity contribution in [3.63, 3.8) is 0 Å². The van der Waals surface area contributed by atoms with Crippen molar-refractivity contribution in [2.45, 2.75) is 6.92 Å². The Kier molecular flexibility index (Phi) is 4.13. The van der Waals surface area contributed by atoms with Gasteiger partial charge in [-0.15, -0.1) is 0 Å². The van der Waals surface area contributed by atoms with E-state index in [1.54, 1.807) is 36.4 Å². The number of carbonyl (C=O) groups is 1. The maximum Gasteiger partial charge on any atom is 0.193 e. The molecule has 0 fully saturated rings. The summed E-state index contributed by atoms with van der Waals surface area (Å²) in [5.41, 5.74) is 1.98. The van der Waals surface area contributed by atoms with Gasteiger partial charge in [0.15, 0.2) is 5.78 Å². The van der Waals surface area contributed by atoms with Crippen LogP contribution in [0.5, 0.6) is 5.75 Å². The molecule has 0 spiro atoms. The average molecular weight is 295 g/mol. The molecule has 2 aromatic carbocycles. The molecule has 0 radical (unpaired) electrons. The standard InChI is InChI=1S/C15H12Cl2O2/c1-9-7-11(16)4-5-12(9)15(18)10-3-6-14(19-2)13(17)8-10/h3-8H,1-2H3. The van der Waals surface area contributed by atoms with Gasteiger partial charge >= 0.3 is 0 Å². The molecule has 0 heterocycles. The van der Waals surface area contributed by atoms with E-state index < -0.39 is 0 Å². The zero-order chi connectivity index (χ0) is 14.0. The number of benzene rings is 2. The summed E-state index contributed by atoms with van der Waals surface area (Å²) in [6.45, 7) is 1.85. The Labute approximate surface area is 121 Å². The highest BCUT2D eigenvalue weighted by Crippen LogP contribution is 2.27. The highest BCUT2D eigenvalue weighted by Gasteiger charge is 2.13. The molecule has 0 amide bonds. The number of methoxy groups -OCH3 is 1. The second kappa shape index (κ2) is 5.64. The van der Waals surface area contributed by atoms with E-state index in [9.17, 15) is 4.79 Å². The molecule has 2 nitrogen and oxygen atoms in total. The third-order valence-electron chi connectivity index (χ3n) is 2.85. The molecule has 0 saturated carbocycles. The van der Waals surface area contributed by atoms with Crippen molar-refractivity contribution in [2.75, 3.05) is 7.11 Å². The molecule has 0 aliphatic carbocycles. The lowest BCUT2D eigenvalue weighted by molar-refractivity contribution is 0.103. The molecular formula is C15H12Cl2O2. The van der Waals surface area contributed by atoms with Crippen LogP contribution in [0.25, 0.3) is 0 Å². The van der Waals surface area contributed by atoms with Crippen molar-refractivity contribution in [2.24, 2.45) is 0 Å². The summed E-state index contributed by atoms with van der Waals surface area (Å²) < 4.78 is 5.06. The molecule has 0 aromatic heterocycles. The number of aryl methyl sites for hydroxylation is 1. The Morgan fingerprint density at radius 3 is 2.42 bits per heavy atom. The van der Waals surface area contributed by atoms with Crippen molar-refractivity contribution in [3.8, 4) is 5.75 Å². The SMILES string of the molecule is COc1ccc(C(=O)c2ccc(Cl)cc2C)cc1Cl. The van der Waals surface area contributed by atoms with Crippen molar-refractivity contribution in [1.29, 1.82) is 0 Å². The van der Waals surface area contributed by atoms with Crippen LogP contribution in [-0.2, 0) is 0 Å². The third kappa shape index (κ3) is 2.91. The van der Waals surface area contributed by atoms with Crippen LogP contribution in [0.15, 0.2) is 36.4 Å². The number of ketones is 1. The van der Waals surface area contributed by atoms with Gasteiger partial charge in [0.2, 0.25) is 0 Å². The monoisotopic (exact) mass is 294 g/mol. The molecule has 2 rings (SSSR count). The molecule has 0 aliphatic rings. The minimum atomic E-state index is -0.0845. The van der Waals surface area contributed by atoms with Crippen molar-refractivity contribution >= 4 is 29.0 Å². The lowest BCUT2D eigenvalue weighted by Crippen LogP contribution is -2.03. The summed E-state index contributed by atoms with van der Waals surface area (Å²) in [6, 6.07) is 10.2. The summed E-state index contributed by atoms with van der Waals surface area (Å²) in [5.74, 6) is 0.463. The van der Waals surface area contributed by atoms with E-state index in [1.807, 2.05) is 6.92 Å². The Morgan fingerprint density at radius 2 is 1.84 bits per heavy atom. The van der Waals surface area contributed by atoms with Gasteiger partial charge in [-0.05, 0) is 48.9 Å². The smallest absolute Gasteiger partial charge is 0.193 e. The molecule has 0 aliphatic heterocycles. The van der Waals surface area contributed by atoms with Crippen LogP contribution < -0.4 is 4.74 Å². The fourth-order valence-corrected chi connectivity index (χ4v) is 2.33. The van der Waals surface area contributed by atoms with Gasteiger partial charge in [0, 0.05) is 16.1 Å². The molecule has 0 bridgehead atoms. The largest absolute Gasteiger partial charge is 0.495 e. The van der Waals surface area contributed by atoms with Crippen molar-refractivity contribution in [1.82, 2.24) is 0 Å². The van der Waals surface area contributed by atoms with Crippen LogP contribution in [0, 0.1) is 6.92 Å². The van der Waals surface area contributed by atoms with E-state index in [0.717, 1.165) is 5.56 Å². The van der Waals surface area contributed by atoms with E-state index in [1.165, 1.54) is 7.11 Å². The number of hydrogen-bond donors (Lipinski definition) is 0. The highest BCUT2D eigenvalue weighted by molar-refractivity contribution is 6.32. The van der Waals surface area contributed by atoms with Gasteiger partial charge in [-0.3, -0.25) is 4.79 Å². The molecule has 0 saturated heterocycles. The first-order chi connectivity index (χ1) is 9.02. The minimum absolute atomic E-state index is 0.0845. The molecular weight excluding hydrogens is 283 g/mol. The normalized spacial score (nSPS) is 10.3. The first-order valence-corrected chi connectivity index (χ1v) is 6.43. The molecule has 98 valence electrons. The van der Waals surface area contributed by atoms with Crippen LogP contribution in [-0.4, -0.2) is 12.9 Å². The maximum absolute atomic E-state index is 12.4. The van der Waals surface area contributed by atoms with E-state index >= 15 is 0 Å². The van der Waals surface area contributed by atoms with E-state index in [4.69, 9.17) is 27.9 Å². The number of ether oxygens (including phenoxy) is 1. The molecule has 0 unspecified atom stereocenters. The number of rotatable bonds is 3. The average Bonchev–Trinajstić information content (AvgIpc) is 2.38. The molecule has 0 N–H and O–H groups in total. The first kappa shape index (κ1) is 13.9. The van der Waals surface area contributed by atoms with Crippen LogP contribution in [0.4, 0.5) is 0 Å². The van der Waals surface area contributed by atoms with Gasteiger partial charge < -0.3 is 4.74 Å². The fraction of sp³-hybridized carbons (Fsp3) is 0.133. The fourth-order valence-electron chi connectivity index (χ4n) is 1.84. The van der Waals surface area contributed by atoms with Crippen LogP contribution in [0.2, 0.25) is 10.0 Å². The van der Waals surface area contributed by atoms with E-state index in [-0.39, 0.29) is 5.78 Å². The minimum Gasteiger partial charge on any atom is -0.495 e. The van der Waals surface area contributed by atoms with Gasteiger partial charge in [-0.25, -0.2) is 0 Å². The maximum atomic E-state index is 12.4. The summed E-state index contributed by atoms with van der Waals surface area (Å²) in [5, 5.41) is 1.03. The number of halogens is 2. The first-order valence-electron chi connectivity index (χ1n) is 5.67. The van der Waals surface area contributed by atoms with Gasteiger partial charge in [0.05, 0.1) is 12.1 Å². The van der Waals surface area contributed by atoms with Gasteiger partial charge in [0.1, 0.15) is 5.75 Å². The predicted octanol–water partition coefficient (Wildman–Crippen LogP) is 4.54. The predicted molar refractivity (Wildman–Crippen MR) is 77.6 cm³/mol. The van der Waals surface area contributed by atoms with Crippen LogP contribution in [0.1, 0.15) is 21.5 Å². The Balaban J connectivity index is 2.41. The van der Waals surface area contributed by atoms with Gasteiger partial charge in [-0.2, -0.15) is 0 Å². The van der Waals surface area contributed by atoms with E-state index in [2.05, 4.69) is 0 Å². The molecule has 0 atom stereocenters. The van der Waals surface area contributed by atoms with Gasteiger partial charge in [-0.1, -0.05) is 23.2 Å². The molecule has 4 heteroatoms. The van der Waals surface area contributed by atoms with Crippen LogP contribution in [0.3, 0.4) is 0 Å². The number of carbonyl (C=O) groups excluding carboxylic acids is 1. The second-order valence-corrected chi connectivity index (χ2v) is 4.98. The summed E-state index contributed by atoms with van der Waals surface area (Å²) in [6.07, 6.45) is 0. The summed E-state index contributed by atoms with van der Waals surface area (Å²) in [4.78, 5) is 12.4. The van der Waals surface area contributed by atoms with E-state index in [0.29, 0.717) is 26.9 Å². The summed E-state index contributed by atoms with van der Waals surface area (Å²) in [7, 11) is 1.53. The topological polar surface area (TPSA) is 26.3 Å². The lowest BCUT2D eigenvalue weighted by Gasteiger charge is -2.08. The Bertz CT molecular complexity index is 636. The lowest BCUT2D eigenvalue weighted by atomic mass is 9.99. The second-order valence-electron chi connectivity index (χ2n) is 4.14. The third-order valence-corrected chi connectivity index (χ3v) is 3.38. The quantitative estimate of drug-likeness (QED) is 0.777. The Morgan fingerprint density at radius 1 is 1.11 bits per heavy atom. The zero-order valence-electron chi connectivity index (χ0n) is 10.5. The highest BCUT2D eigenvalue weighted by atomic mass is 35.5. The van der Waals surface area contributed by atoms with Crippen LogP contribution >= 0.6 is 23.2 Å². The molecule has 2 aromatic rings. The zero-order valence-corrected chi connectivity index (χ0v) is 12.0. The van der Waals surface area contributed by atoms with Crippen molar-refractivity contribution in [3.05, 3.63) is 63.1 Å². The van der Waals surface area contributed by atoms with Gasteiger partial charge in [0.25, 0.3) is 0 Å².